The van der Waals surface area contributed by atoms with Crippen LogP contribution in [0.2, 0.25) is 0 Å². The molecule has 168 valence electrons. The number of carbonyl (C=O) groups excluding carboxylic acids is 2. The van der Waals surface area contributed by atoms with Gasteiger partial charge in [0, 0.05) is 40.8 Å². The highest BCUT2D eigenvalue weighted by Gasteiger charge is 2.18. The topological polar surface area (TPSA) is 54.3 Å². The summed E-state index contributed by atoms with van der Waals surface area (Å²) in [7, 11) is 0. The summed E-state index contributed by atoms with van der Waals surface area (Å²) in [6, 6.07) is 14.2. The van der Waals surface area contributed by atoms with Crippen molar-refractivity contribution in [3.63, 3.8) is 0 Å². The average Bonchev–Trinajstić information content (AvgIpc) is 2.94. The number of nitrogens with one attached hydrogen (secondary N) is 1. The first-order chi connectivity index (χ1) is 15.5. The molecule has 0 spiro atoms. The molecule has 0 atom stereocenters. The molecule has 4 rings (SSSR count). The van der Waals surface area contributed by atoms with Crippen molar-refractivity contribution in [2.45, 2.75) is 51.0 Å². The van der Waals surface area contributed by atoms with E-state index >= 15 is 0 Å². The minimum Gasteiger partial charge on any atom is -0.341 e. The molecular weight excluding hydrogens is 418 g/mol. The summed E-state index contributed by atoms with van der Waals surface area (Å²) in [6.45, 7) is 6.08. The number of nitrogens with zero attached hydrogens (tertiary/aromatic N) is 2. The fourth-order valence-electron chi connectivity index (χ4n) is 4.22. The Morgan fingerprint density at radius 3 is 2.53 bits per heavy atom. The highest BCUT2D eigenvalue weighted by atomic mass is 32.2. The molecule has 0 aliphatic carbocycles. The van der Waals surface area contributed by atoms with Crippen LogP contribution in [0.4, 0.5) is 5.69 Å². The zero-order chi connectivity index (χ0) is 22.5. The number of amides is 2. The third-order valence-corrected chi connectivity index (χ3v) is 7.09. The average molecular weight is 450 g/mol. The largest absolute Gasteiger partial charge is 0.341 e. The first kappa shape index (κ1) is 22.5. The lowest BCUT2D eigenvalue weighted by molar-refractivity contribution is -0.131. The third kappa shape index (κ3) is 5.36. The normalized spacial score (nSPS) is 14.4. The van der Waals surface area contributed by atoms with E-state index in [1.54, 1.807) is 0 Å². The predicted molar refractivity (Wildman–Crippen MR) is 132 cm³/mol. The van der Waals surface area contributed by atoms with Crippen molar-refractivity contribution >= 4 is 40.2 Å². The SMILES string of the molecule is Cc1ccc(C)c(NC(=O)CSc2cn(CC(=O)N3CCCCCC3)c3ccccc23)c1. The zero-order valence-corrected chi connectivity index (χ0v) is 19.7. The van der Waals surface area contributed by atoms with Crippen molar-refractivity contribution in [1.82, 2.24) is 9.47 Å². The van der Waals surface area contributed by atoms with Gasteiger partial charge in [0.1, 0.15) is 6.54 Å². The molecule has 1 aliphatic heterocycles. The summed E-state index contributed by atoms with van der Waals surface area (Å²) in [5, 5.41) is 4.11. The van der Waals surface area contributed by atoms with Gasteiger partial charge in [-0.05, 0) is 49.9 Å². The van der Waals surface area contributed by atoms with E-state index in [0.717, 1.165) is 58.5 Å². The minimum atomic E-state index is -0.0267. The Hall–Kier alpha value is -2.73. The van der Waals surface area contributed by atoms with Crippen molar-refractivity contribution in [3.05, 3.63) is 59.8 Å². The van der Waals surface area contributed by atoms with Gasteiger partial charge in [-0.3, -0.25) is 9.59 Å². The molecule has 0 bridgehead atoms. The van der Waals surface area contributed by atoms with Crippen LogP contribution in [0.15, 0.2) is 53.6 Å². The second kappa shape index (κ2) is 10.3. The van der Waals surface area contributed by atoms with Gasteiger partial charge in [0.2, 0.25) is 11.8 Å². The highest BCUT2D eigenvalue weighted by molar-refractivity contribution is 8.00. The number of rotatable bonds is 6. The predicted octanol–water partition coefficient (Wildman–Crippen LogP) is 5.39. The molecule has 1 aliphatic rings. The minimum absolute atomic E-state index is 0.0267. The number of carbonyl (C=O) groups is 2. The van der Waals surface area contributed by atoms with E-state index < -0.39 is 0 Å². The van der Waals surface area contributed by atoms with Crippen molar-refractivity contribution in [3.8, 4) is 0 Å². The van der Waals surface area contributed by atoms with Gasteiger partial charge in [0.25, 0.3) is 0 Å². The lowest BCUT2D eigenvalue weighted by atomic mass is 10.1. The zero-order valence-electron chi connectivity index (χ0n) is 18.9. The standard InChI is InChI=1S/C26H31N3O2S/c1-19-11-12-20(2)22(15-19)27-25(30)18-32-24-16-29(23-10-6-5-9-21(23)24)17-26(31)28-13-7-3-4-8-14-28/h5-6,9-12,15-16H,3-4,7-8,13-14,17-18H2,1-2H3,(H,27,30). The Kier molecular flexibility index (Phi) is 7.20. The van der Waals surface area contributed by atoms with Gasteiger partial charge < -0.3 is 14.8 Å². The second-order valence-electron chi connectivity index (χ2n) is 8.59. The van der Waals surface area contributed by atoms with Crippen LogP contribution in [-0.4, -0.2) is 40.1 Å². The van der Waals surface area contributed by atoms with Crippen LogP contribution in [0.5, 0.6) is 0 Å². The number of para-hydroxylation sites is 1. The molecule has 0 radical (unpaired) electrons. The molecule has 0 unspecified atom stereocenters. The number of anilines is 1. The summed E-state index contributed by atoms with van der Waals surface area (Å²) in [4.78, 5) is 28.6. The molecule has 2 heterocycles. The van der Waals surface area contributed by atoms with E-state index in [1.165, 1.54) is 24.6 Å². The van der Waals surface area contributed by atoms with Crippen LogP contribution in [0.1, 0.15) is 36.8 Å². The van der Waals surface area contributed by atoms with E-state index in [1.807, 2.05) is 65.9 Å². The Labute approximate surface area is 194 Å². The van der Waals surface area contributed by atoms with Crippen molar-refractivity contribution < 1.29 is 9.59 Å². The van der Waals surface area contributed by atoms with Gasteiger partial charge in [-0.1, -0.05) is 43.2 Å². The molecule has 3 aromatic rings. The number of benzene rings is 2. The van der Waals surface area contributed by atoms with Gasteiger partial charge in [-0.15, -0.1) is 11.8 Å². The number of hydrogen-bond acceptors (Lipinski definition) is 3. The van der Waals surface area contributed by atoms with Crippen molar-refractivity contribution in [2.75, 3.05) is 24.2 Å². The third-order valence-electron chi connectivity index (χ3n) is 6.04. The summed E-state index contributed by atoms with van der Waals surface area (Å²) < 4.78 is 2.04. The van der Waals surface area contributed by atoms with Gasteiger partial charge in [0.05, 0.1) is 5.75 Å². The summed E-state index contributed by atoms with van der Waals surface area (Å²) in [5.74, 6) is 0.472. The van der Waals surface area contributed by atoms with Crippen LogP contribution in [-0.2, 0) is 16.1 Å². The van der Waals surface area contributed by atoms with Crippen molar-refractivity contribution in [2.24, 2.45) is 0 Å². The number of likely N-dealkylation sites (tertiary alicyclic amines) is 1. The molecule has 32 heavy (non-hydrogen) atoms. The van der Waals surface area contributed by atoms with Gasteiger partial charge in [0.15, 0.2) is 0 Å². The summed E-state index contributed by atoms with van der Waals surface area (Å²) in [5.41, 5.74) is 4.07. The van der Waals surface area contributed by atoms with E-state index in [9.17, 15) is 9.59 Å². The quantitative estimate of drug-likeness (QED) is 0.513. The number of aromatic nitrogens is 1. The molecule has 0 saturated carbocycles. The number of thioether (sulfide) groups is 1. The van der Waals surface area contributed by atoms with Crippen LogP contribution >= 0.6 is 11.8 Å². The molecule has 1 fully saturated rings. The van der Waals surface area contributed by atoms with Crippen LogP contribution in [0, 0.1) is 13.8 Å². The first-order valence-electron chi connectivity index (χ1n) is 11.4. The lowest BCUT2D eigenvalue weighted by Crippen LogP contribution is -2.34. The van der Waals surface area contributed by atoms with Crippen LogP contribution in [0.25, 0.3) is 10.9 Å². The van der Waals surface area contributed by atoms with Gasteiger partial charge in [-0.25, -0.2) is 0 Å². The summed E-state index contributed by atoms with van der Waals surface area (Å²) in [6.07, 6.45) is 6.63. The Bertz CT molecular complexity index is 1110. The number of aryl methyl sites for hydroxylation is 2. The van der Waals surface area contributed by atoms with E-state index in [4.69, 9.17) is 0 Å². The summed E-state index contributed by atoms with van der Waals surface area (Å²) >= 11 is 1.52. The molecular formula is C26H31N3O2S. The molecule has 6 heteroatoms. The van der Waals surface area contributed by atoms with E-state index in [0.29, 0.717) is 12.3 Å². The molecule has 2 aromatic carbocycles. The molecule has 5 nitrogen and oxygen atoms in total. The molecule has 1 N–H and O–H groups in total. The molecule has 1 aromatic heterocycles. The number of fused-ring (bicyclic) bond motifs is 1. The van der Waals surface area contributed by atoms with Crippen molar-refractivity contribution in [1.29, 1.82) is 0 Å². The smallest absolute Gasteiger partial charge is 0.242 e. The molecule has 2 amide bonds. The maximum Gasteiger partial charge on any atom is 0.242 e. The fourth-order valence-corrected chi connectivity index (χ4v) is 5.11. The molecule has 1 saturated heterocycles. The monoisotopic (exact) mass is 449 g/mol. The fraction of sp³-hybridized carbons (Fsp3) is 0.385. The van der Waals surface area contributed by atoms with E-state index in [-0.39, 0.29) is 11.8 Å². The van der Waals surface area contributed by atoms with Gasteiger partial charge in [-0.2, -0.15) is 0 Å². The maximum absolute atomic E-state index is 12.9. The van der Waals surface area contributed by atoms with Crippen LogP contribution in [0.3, 0.4) is 0 Å². The first-order valence-corrected chi connectivity index (χ1v) is 12.4. The maximum atomic E-state index is 12.9. The highest BCUT2D eigenvalue weighted by Crippen LogP contribution is 2.30. The van der Waals surface area contributed by atoms with Gasteiger partial charge >= 0.3 is 0 Å². The Morgan fingerprint density at radius 2 is 1.75 bits per heavy atom. The van der Waals surface area contributed by atoms with Crippen LogP contribution < -0.4 is 5.32 Å². The Morgan fingerprint density at radius 1 is 1.00 bits per heavy atom. The second-order valence-corrected chi connectivity index (χ2v) is 9.61. The lowest BCUT2D eigenvalue weighted by Gasteiger charge is -2.20. The van der Waals surface area contributed by atoms with E-state index in [2.05, 4.69) is 11.4 Å². The number of hydrogen-bond donors (Lipinski definition) is 1. The Balaban J connectivity index is 1.45.